The Balaban J connectivity index is 1.41. The van der Waals surface area contributed by atoms with Gasteiger partial charge in [-0.2, -0.15) is 0 Å². The summed E-state index contributed by atoms with van der Waals surface area (Å²) in [5, 5.41) is 3.16. The number of likely N-dealkylation sites (tertiary alicyclic amines) is 1. The Morgan fingerprint density at radius 2 is 1.74 bits per heavy atom. The third kappa shape index (κ3) is 6.42. The van der Waals surface area contributed by atoms with Gasteiger partial charge in [-0.05, 0) is 68.0 Å². The Kier molecular flexibility index (Phi) is 8.11. The van der Waals surface area contributed by atoms with Gasteiger partial charge in [0, 0.05) is 30.4 Å². The van der Waals surface area contributed by atoms with Crippen LogP contribution in [0.1, 0.15) is 67.8 Å². The molecule has 1 aliphatic carbocycles. The first-order valence-corrected chi connectivity index (χ1v) is 14.2. The molecule has 2 amide bonds. The molecule has 4 rings (SSSR count). The van der Waals surface area contributed by atoms with E-state index in [1.807, 2.05) is 12.1 Å². The van der Waals surface area contributed by atoms with Gasteiger partial charge in [0.2, 0.25) is 5.91 Å². The summed E-state index contributed by atoms with van der Waals surface area (Å²) in [5.41, 5.74) is 1.83. The summed E-state index contributed by atoms with van der Waals surface area (Å²) in [6, 6.07) is 13.7. The van der Waals surface area contributed by atoms with Crippen molar-refractivity contribution >= 4 is 27.5 Å². The lowest BCUT2D eigenvalue weighted by atomic mass is 9.96. The molecule has 0 spiro atoms. The van der Waals surface area contributed by atoms with E-state index in [9.17, 15) is 18.0 Å². The average Bonchev–Trinajstić information content (AvgIpc) is 3.37. The van der Waals surface area contributed by atoms with Crippen LogP contribution in [0.5, 0.6) is 0 Å². The van der Waals surface area contributed by atoms with Crippen LogP contribution in [0.25, 0.3) is 0 Å². The molecule has 0 aromatic heterocycles. The minimum Gasteiger partial charge on any atom is -0.353 e. The molecular weight excluding hydrogens is 462 g/mol. The number of hydrogen-bond acceptors (Lipinski definition) is 4. The van der Waals surface area contributed by atoms with Gasteiger partial charge in [-0.15, -0.1) is 0 Å². The largest absolute Gasteiger partial charge is 0.353 e. The van der Waals surface area contributed by atoms with E-state index >= 15 is 0 Å². The minimum absolute atomic E-state index is 0.0425. The predicted molar refractivity (Wildman–Crippen MR) is 137 cm³/mol. The number of sulfonamides is 1. The van der Waals surface area contributed by atoms with Crippen molar-refractivity contribution in [1.29, 1.82) is 0 Å². The summed E-state index contributed by atoms with van der Waals surface area (Å²) in [6.07, 6.45) is 7.83. The highest BCUT2D eigenvalue weighted by molar-refractivity contribution is 7.92. The summed E-state index contributed by atoms with van der Waals surface area (Å²) < 4.78 is 28.3. The predicted octanol–water partition coefficient (Wildman–Crippen LogP) is 4.35. The fraction of sp³-hybridized carbons (Fsp3) is 0.481. The summed E-state index contributed by atoms with van der Waals surface area (Å²) in [7, 11) is -3.77. The van der Waals surface area contributed by atoms with E-state index in [4.69, 9.17) is 0 Å². The number of aryl methyl sites for hydroxylation is 1. The first-order valence-electron chi connectivity index (χ1n) is 12.7. The van der Waals surface area contributed by atoms with Crippen LogP contribution >= 0.6 is 0 Å². The molecular formula is C27H35N3O4S. The van der Waals surface area contributed by atoms with Crippen molar-refractivity contribution in [3.05, 3.63) is 59.7 Å². The number of carbonyl (C=O) groups excluding carboxylic acids is 2. The monoisotopic (exact) mass is 497 g/mol. The molecule has 0 unspecified atom stereocenters. The molecule has 2 aliphatic rings. The third-order valence-corrected chi connectivity index (χ3v) is 8.31. The molecule has 1 atom stereocenters. The van der Waals surface area contributed by atoms with E-state index in [2.05, 4.69) is 17.0 Å². The number of carbonyl (C=O) groups is 2. The standard InChI is InChI=1S/C27H35N3O4S/c1-2-7-20-13-15-25(16-14-20)35(33,34)29-24-12-5-8-21(18-24)27(32)30-17-6-9-22(19-30)26(31)28-23-10-3-4-11-23/h5,8,12-16,18,22-23,29H,2-4,6-7,9-11,17,19H2,1H3,(H,28,31)/t22-/m1/s1. The van der Waals surface area contributed by atoms with Crippen molar-refractivity contribution in [2.24, 2.45) is 5.92 Å². The Morgan fingerprint density at radius 3 is 2.46 bits per heavy atom. The van der Waals surface area contributed by atoms with Crippen LogP contribution in [0.15, 0.2) is 53.4 Å². The lowest BCUT2D eigenvalue weighted by Crippen LogP contribution is -2.47. The van der Waals surface area contributed by atoms with Crippen molar-refractivity contribution in [1.82, 2.24) is 10.2 Å². The van der Waals surface area contributed by atoms with Crippen molar-refractivity contribution in [2.75, 3.05) is 17.8 Å². The fourth-order valence-corrected chi connectivity index (χ4v) is 6.05. The first-order chi connectivity index (χ1) is 16.9. The normalized spacial score (nSPS) is 18.9. The van der Waals surface area contributed by atoms with Gasteiger partial charge in [0.15, 0.2) is 0 Å². The van der Waals surface area contributed by atoms with E-state index in [0.717, 1.165) is 56.9 Å². The van der Waals surface area contributed by atoms with Crippen LogP contribution in [0.3, 0.4) is 0 Å². The summed E-state index contributed by atoms with van der Waals surface area (Å²) in [4.78, 5) is 27.8. The zero-order valence-corrected chi connectivity index (χ0v) is 21.1. The van der Waals surface area contributed by atoms with Gasteiger partial charge in [0.25, 0.3) is 15.9 Å². The maximum atomic E-state index is 13.2. The molecule has 2 aromatic carbocycles. The second kappa shape index (κ2) is 11.2. The Labute approximate surface area is 208 Å². The molecule has 2 fully saturated rings. The number of hydrogen-bond donors (Lipinski definition) is 2. The number of nitrogens with zero attached hydrogens (tertiary/aromatic N) is 1. The maximum absolute atomic E-state index is 13.2. The highest BCUT2D eigenvalue weighted by atomic mass is 32.2. The van der Waals surface area contributed by atoms with Crippen molar-refractivity contribution in [3.8, 4) is 0 Å². The average molecular weight is 498 g/mol. The number of nitrogens with one attached hydrogen (secondary N) is 2. The summed E-state index contributed by atoms with van der Waals surface area (Å²) in [5.74, 6) is -0.347. The quantitative estimate of drug-likeness (QED) is 0.567. The smallest absolute Gasteiger partial charge is 0.261 e. The molecule has 7 nitrogen and oxygen atoms in total. The van der Waals surface area contributed by atoms with Crippen LogP contribution in [0.2, 0.25) is 0 Å². The van der Waals surface area contributed by atoms with Gasteiger partial charge in [-0.25, -0.2) is 8.42 Å². The van der Waals surface area contributed by atoms with E-state index in [1.54, 1.807) is 41.3 Å². The number of rotatable bonds is 8. The topological polar surface area (TPSA) is 95.6 Å². The highest BCUT2D eigenvalue weighted by Crippen LogP contribution is 2.24. The van der Waals surface area contributed by atoms with Crippen LogP contribution in [0, 0.1) is 5.92 Å². The van der Waals surface area contributed by atoms with Gasteiger partial charge >= 0.3 is 0 Å². The SMILES string of the molecule is CCCc1ccc(S(=O)(=O)Nc2cccc(C(=O)N3CCC[C@@H](C(=O)NC4CCCC4)C3)c2)cc1. The zero-order chi connectivity index (χ0) is 24.8. The molecule has 35 heavy (non-hydrogen) atoms. The third-order valence-electron chi connectivity index (χ3n) is 6.92. The van der Waals surface area contributed by atoms with E-state index in [-0.39, 0.29) is 28.7 Å². The van der Waals surface area contributed by atoms with E-state index < -0.39 is 10.0 Å². The first kappa shape index (κ1) is 25.2. The van der Waals surface area contributed by atoms with Crippen molar-refractivity contribution in [2.45, 2.75) is 69.2 Å². The number of benzene rings is 2. The molecule has 0 bridgehead atoms. The van der Waals surface area contributed by atoms with E-state index in [1.165, 1.54) is 0 Å². The molecule has 1 aliphatic heterocycles. The van der Waals surface area contributed by atoms with Crippen molar-refractivity contribution in [3.63, 3.8) is 0 Å². The lowest BCUT2D eigenvalue weighted by molar-refractivity contribution is -0.127. The Hall–Kier alpha value is -2.87. The van der Waals surface area contributed by atoms with E-state index in [0.29, 0.717) is 24.3 Å². The molecule has 1 saturated heterocycles. The van der Waals surface area contributed by atoms with Gasteiger partial charge in [0.1, 0.15) is 0 Å². The summed E-state index contributed by atoms with van der Waals surface area (Å²) in [6.45, 7) is 3.05. The molecule has 0 radical (unpaired) electrons. The highest BCUT2D eigenvalue weighted by Gasteiger charge is 2.30. The summed E-state index contributed by atoms with van der Waals surface area (Å²) >= 11 is 0. The maximum Gasteiger partial charge on any atom is 0.261 e. The lowest BCUT2D eigenvalue weighted by Gasteiger charge is -2.32. The number of piperidine rings is 1. The van der Waals surface area contributed by atoms with Gasteiger partial charge in [-0.1, -0.05) is 44.4 Å². The molecule has 8 heteroatoms. The van der Waals surface area contributed by atoms with Crippen LogP contribution in [-0.2, 0) is 21.2 Å². The second-order valence-electron chi connectivity index (χ2n) is 9.66. The van der Waals surface area contributed by atoms with Gasteiger partial charge in [0.05, 0.1) is 10.8 Å². The molecule has 1 saturated carbocycles. The van der Waals surface area contributed by atoms with Crippen LogP contribution in [0.4, 0.5) is 5.69 Å². The second-order valence-corrected chi connectivity index (χ2v) is 11.3. The minimum atomic E-state index is -3.77. The van der Waals surface area contributed by atoms with Crippen LogP contribution < -0.4 is 10.0 Å². The molecule has 1 heterocycles. The Morgan fingerprint density at radius 1 is 1.00 bits per heavy atom. The molecule has 188 valence electrons. The molecule has 2 N–H and O–H groups in total. The molecule has 2 aromatic rings. The fourth-order valence-electron chi connectivity index (χ4n) is 5.00. The zero-order valence-electron chi connectivity index (χ0n) is 20.3. The van der Waals surface area contributed by atoms with Gasteiger partial charge in [-0.3, -0.25) is 14.3 Å². The Bertz CT molecular complexity index is 1140. The number of amides is 2. The van der Waals surface area contributed by atoms with Gasteiger partial charge < -0.3 is 10.2 Å². The van der Waals surface area contributed by atoms with Crippen LogP contribution in [-0.4, -0.2) is 44.3 Å². The van der Waals surface area contributed by atoms with Crippen molar-refractivity contribution < 1.29 is 18.0 Å². The number of anilines is 1.